The predicted molar refractivity (Wildman–Crippen MR) is 526 cm³/mol. The van der Waals surface area contributed by atoms with Crippen LogP contribution in [-0.2, 0) is 31.9 Å². The molecule has 8 aromatic rings. The Bertz CT molecular complexity index is 4910. The molecule has 15 heteroatoms. The van der Waals surface area contributed by atoms with Gasteiger partial charge in [0.15, 0.2) is 0 Å². The van der Waals surface area contributed by atoms with E-state index in [4.69, 9.17) is 53.6 Å². The summed E-state index contributed by atoms with van der Waals surface area (Å²) in [4.78, 5) is 10.8. The summed E-state index contributed by atoms with van der Waals surface area (Å²) in [5.74, 6) is 4.23. The lowest BCUT2D eigenvalue weighted by Crippen LogP contribution is -2.41. The minimum Gasteiger partial charge on any atom is -0.429 e. The van der Waals surface area contributed by atoms with E-state index in [0.29, 0.717) is 28.0 Å². The SMILES string of the molecule is CCCC1CC=C(c2cc(C)c(-c3cc(C)c(C(F)(F)Oc4cc(C)c(C)c(C)c4)c(C)c3)c(C)c2)CC1.CCCC1CC=C(c2cc(C)c(Cl)c(C)c2)CC1.CCCC1CCC(=O)CC1.CCCC1CCC(O)(c2cc(C)c(Cl)c(C)c2)CC1.Cc1cc(Br)cc(C)c1Cl.Cc1cc(OC(F)(F)c2c(C)cc(B3OC(C)(C)C(C)(C)O3)cc2C)cc(C)c1C. The summed E-state index contributed by atoms with van der Waals surface area (Å²) < 4.78 is 85.2. The summed E-state index contributed by atoms with van der Waals surface area (Å²) in [7, 11) is -0.599. The average molecular weight is 1840 g/mol. The molecule has 5 aliphatic rings. The quantitative estimate of drug-likeness (QED) is 0.0642. The second kappa shape index (κ2) is 45.4. The minimum absolute atomic E-state index is 0.0574. The van der Waals surface area contributed by atoms with Gasteiger partial charge in [0.25, 0.3) is 0 Å². The summed E-state index contributed by atoms with van der Waals surface area (Å²) in [5.41, 5.74) is 24.7. The van der Waals surface area contributed by atoms with Gasteiger partial charge in [0.2, 0.25) is 0 Å². The number of ether oxygens (including phenoxy) is 2. The molecular weight excluding hydrogens is 1690 g/mol. The maximum atomic E-state index is 15.5. The van der Waals surface area contributed by atoms with Crippen molar-refractivity contribution in [2.24, 2.45) is 23.7 Å². The van der Waals surface area contributed by atoms with Crippen LogP contribution in [0.25, 0.3) is 22.3 Å². The topological polar surface area (TPSA) is 74.2 Å². The van der Waals surface area contributed by atoms with Crippen LogP contribution in [0.4, 0.5) is 17.6 Å². The van der Waals surface area contributed by atoms with E-state index in [-0.39, 0.29) is 22.6 Å². The minimum atomic E-state index is -3.46. The van der Waals surface area contributed by atoms with Crippen LogP contribution in [0.1, 0.15) is 325 Å². The normalized spacial score (nSPS) is 18.7. The number of Topliss-reactive ketones (excluding diaryl/α,β-unsaturated/α-hetero) is 1. The summed E-state index contributed by atoms with van der Waals surface area (Å²) in [6.07, 6.45) is 23.9. The molecule has 1 aliphatic heterocycles. The van der Waals surface area contributed by atoms with E-state index in [1.165, 1.54) is 128 Å². The summed E-state index contributed by atoms with van der Waals surface area (Å²) in [6, 6.07) is 31.0. The molecule has 1 saturated heterocycles. The third-order valence-electron chi connectivity index (χ3n) is 27.3. The molecule has 2 saturated carbocycles. The van der Waals surface area contributed by atoms with E-state index in [1.807, 2.05) is 121 Å². The van der Waals surface area contributed by atoms with Crippen molar-refractivity contribution in [1.29, 1.82) is 0 Å². The molecule has 2 unspecified atom stereocenters. The van der Waals surface area contributed by atoms with Crippen molar-refractivity contribution >= 4 is 80.2 Å². The number of hydrogen-bond donors (Lipinski definition) is 1. The van der Waals surface area contributed by atoms with Gasteiger partial charge in [-0.15, -0.1) is 0 Å². The number of alkyl halides is 4. The Morgan fingerprint density at radius 2 is 0.712 bits per heavy atom. The van der Waals surface area contributed by atoms with Crippen molar-refractivity contribution in [2.45, 2.75) is 350 Å². The molecule has 0 radical (unpaired) electrons. The molecule has 4 aliphatic carbocycles. The molecule has 1 N–H and O–H groups in total. The molecule has 1 heterocycles. The van der Waals surface area contributed by atoms with Gasteiger partial charge in [0.05, 0.1) is 27.9 Å². The molecule has 0 spiro atoms. The van der Waals surface area contributed by atoms with Crippen molar-refractivity contribution in [3.8, 4) is 22.6 Å². The lowest BCUT2D eigenvalue weighted by molar-refractivity contribution is -0.187. The summed E-state index contributed by atoms with van der Waals surface area (Å²) in [5, 5.41) is 13.5. The fraction of sp³-hybridized carbons (Fsp3) is 0.518. The van der Waals surface area contributed by atoms with E-state index in [2.05, 4.69) is 120 Å². The maximum Gasteiger partial charge on any atom is 0.494 e. The van der Waals surface area contributed by atoms with Crippen LogP contribution >= 0.6 is 50.7 Å². The predicted octanol–water partition coefficient (Wildman–Crippen LogP) is 33.6. The molecule has 680 valence electrons. The number of halogens is 8. The maximum absolute atomic E-state index is 15.5. The average Bonchev–Trinajstić information content (AvgIpc) is 1.75. The second-order valence-electron chi connectivity index (χ2n) is 38.2. The van der Waals surface area contributed by atoms with Crippen molar-refractivity contribution < 1.29 is 46.2 Å². The lowest BCUT2D eigenvalue weighted by Gasteiger charge is -2.37. The molecular formula is C110H145BBrCl3F4O6. The Kier molecular flexibility index (Phi) is 37.7. The molecule has 0 bridgehead atoms. The van der Waals surface area contributed by atoms with Gasteiger partial charge in [-0.1, -0.05) is 203 Å². The number of rotatable bonds is 19. The molecule has 2 atom stereocenters. The second-order valence-corrected chi connectivity index (χ2v) is 40.3. The van der Waals surface area contributed by atoms with Gasteiger partial charge in [-0.25, -0.2) is 0 Å². The summed E-state index contributed by atoms with van der Waals surface area (Å²) in [6.45, 7) is 51.8. The standard InChI is InChI=1S/C35H42F2O.C24H31BF2O3.C17H25ClO.C17H23Cl.C9H16O.C8H8BrCl/c1-9-10-28-11-13-29(14-12-28)30-15-23(4)33(24(5)16-30)31-17-25(6)34(26(7)18-31)35(36,37)38-32-19-21(2)27(8)22(3)20-32;1-14-12-20(13-15(2)18(14)5)28-24(26,27)21-16(3)10-19(11-17(21)4)25-29-22(6,7)23(8,9)30-25;1-4-5-14-6-8-17(19,9-7-14)15-10-12(2)16(18)13(3)11-15;1-4-5-14-6-8-15(9-7-14)16-10-12(2)17(18)13(3)11-16;1-2-3-8-4-6-9(10)7-5-8;1-5-3-7(9)4-6(2)8(5)10/h13,15-20,28H,9-12,14H2,1-8H3;10-13H,1-9H3;10-11,14,19H,4-9H2,1-3H3;8,10-11,14H,4-7,9H2,1-3H3;8H,2-7H2,1H3;3-4H,1-2H3. The Morgan fingerprint density at radius 3 is 1.06 bits per heavy atom. The molecule has 3 fully saturated rings. The third-order valence-corrected chi connectivity index (χ3v) is 29.5. The van der Waals surface area contributed by atoms with Crippen LogP contribution in [0, 0.1) is 148 Å². The van der Waals surface area contributed by atoms with Crippen molar-refractivity contribution in [3.05, 3.63) is 257 Å². The lowest BCUT2D eigenvalue weighted by atomic mass is 9.73. The van der Waals surface area contributed by atoms with Crippen LogP contribution in [0.15, 0.2) is 114 Å². The van der Waals surface area contributed by atoms with E-state index >= 15 is 17.6 Å². The van der Waals surface area contributed by atoms with E-state index in [1.54, 1.807) is 64.1 Å². The zero-order valence-electron chi connectivity index (χ0n) is 80.3. The van der Waals surface area contributed by atoms with Gasteiger partial charge in [0.1, 0.15) is 17.3 Å². The fourth-order valence-corrected chi connectivity index (χ4v) is 20.0. The number of carbonyl (C=O) groups excluding carboxylic acids is 1. The Hall–Kier alpha value is -6.48. The smallest absolute Gasteiger partial charge is 0.429 e. The van der Waals surface area contributed by atoms with Crippen molar-refractivity contribution in [2.75, 3.05) is 0 Å². The zero-order chi connectivity index (χ0) is 92.7. The highest BCUT2D eigenvalue weighted by Crippen LogP contribution is 2.47. The van der Waals surface area contributed by atoms with Gasteiger partial charge in [-0.05, 0) is 434 Å². The summed E-state index contributed by atoms with van der Waals surface area (Å²) >= 11 is 21.8. The molecule has 125 heavy (non-hydrogen) atoms. The number of benzene rings is 8. The van der Waals surface area contributed by atoms with Gasteiger partial charge in [-0.2, -0.15) is 17.6 Å². The highest BCUT2D eigenvalue weighted by atomic mass is 79.9. The van der Waals surface area contributed by atoms with Crippen LogP contribution in [0.2, 0.25) is 15.1 Å². The molecule has 0 aromatic heterocycles. The third kappa shape index (κ3) is 27.6. The van der Waals surface area contributed by atoms with Gasteiger partial charge < -0.3 is 23.9 Å². The fourth-order valence-electron chi connectivity index (χ4n) is 19.0. The number of ketones is 1. The van der Waals surface area contributed by atoms with Crippen LogP contribution in [-0.4, -0.2) is 29.2 Å². The number of carbonyl (C=O) groups is 1. The molecule has 0 amide bonds. The zero-order valence-corrected chi connectivity index (χ0v) is 84.2. The van der Waals surface area contributed by atoms with E-state index < -0.39 is 36.1 Å². The number of allylic oxidation sites excluding steroid dienone is 4. The monoisotopic (exact) mass is 1830 g/mol. The molecule has 13 rings (SSSR count). The van der Waals surface area contributed by atoms with Gasteiger partial charge >= 0.3 is 19.3 Å². The number of hydrogen-bond acceptors (Lipinski definition) is 6. The first-order valence-electron chi connectivity index (χ1n) is 46.2. The van der Waals surface area contributed by atoms with Crippen molar-refractivity contribution in [3.63, 3.8) is 0 Å². The highest BCUT2D eigenvalue weighted by Gasteiger charge is 2.52. The molecule has 6 nitrogen and oxygen atoms in total. The van der Waals surface area contributed by atoms with Crippen LogP contribution < -0.4 is 14.9 Å². The first kappa shape index (κ1) is 104. The molecule has 8 aromatic carbocycles. The van der Waals surface area contributed by atoms with E-state index in [9.17, 15) is 9.90 Å². The Morgan fingerprint density at radius 1 is 0.408 bits per heavy atom. The van der Waals surface area contributed by atoms with Gasteiger partial charge in [0, 0.05) is 32.4 Å². The van der Waals surface area contributed by atoms with E-state index in [0.717, 1.165) is 179 Å². The van der Waals surface area contributed by atoms with Crippen LogP contribution in [0.5, 0.6) is 11.5 Å². The largest absolute Gasteiger partial charge is 0.494 e. The number of aryl methyl sites for hydroxylation is 16. The Labute approximate surface area is 774 Å². The Balaban J connectivity index is 0.000000198. The first-order chi connectivity index (χ1) is 58.6. The number of aliphatic hydroxyl groups is 1. The van der Waals surface area contributed by atoms with Gasteiger partial charge in [-0.3, -0.25) is 4.79 Å². The first-order valence-corrected chi connectivity index (χ1v) is 48.1. The highest BCUT2D eigenvalue weighted by molar-refractivity contribution is 9.10. The van der Waals surface area contributed by atoms with Crippen LogP contribution in [0.3, 0.4) is 0 Å². The van der Waals surface area contributed by atoms with Crippen molar-refractivity contribution in [1.82, 2.24) is 0 Å².